The van der Waals surface area contributed by atoms with E-state index in [1.54, 1.807) is 0 Å². The Morgan fingerprint density at radius 2 is 1.41 bits per heavy atom. The summed E-state index contributed by atoms with van der Waals surface area (Å²) < 4.78 is 39.3. The molecule has 3 aromatic carbocycles. The summed E-state index contributed by atoms with van der Waals surface area (Å²) in [5.41, 5.74) is -3.93. The van der Waals surface area contributed by atoms with E-state index in [1.165, 1.54) is 59.9 Å². The van der Waals surface area contributed by atoms with E-state index in [0.717, 1.165) is 0 Å². The largest absolute Gasteiger partial charge is 0.508 e. The lowest BCUT2D eigenvalue weighted by Crippen LogP contribution is -2.37. The summed E-state index contributed by atoms with van der Waals surface area (Å²) in [5, 5.41) is 21.5. The van der Waals surface area contributed by atoms with E-state index < -0.39 is 50.8 Å². The molecule has 2 aliphatic rings. The van der Waals surface area contributed by atoms with E-state index in [0.29, 0.717) is 0 Å². The van der Waals surface area contributed by atoms with Crippen molar-refractivity contribution in [3.63, 3.8) is 0 Å². The number of benzene rings is 3. The summed E-state index contributed by atoms with van der Waals surface area (Å²) in [7, 11) is -10.9. The van der Waals surface area contributed by atoms with Crippen LogP contribution in [0.3, 0.4) is 0 Å². The first-order chi connectivity index (χ1) is 19.1. The fraction of sp³-hybridized carbons (Fsp3) is 0.125. The van der Waals surface area contributed by atoms with Crippen LogP contribution in [-0.2, 0) is 29.0 Å². The summed E-state index contributed by atoms with van der Waals surface area (Å²) in [5.74, 6) is -3.44. The molecule has 214 valence electrons. The molecule has 17 heteroatoms. The van der Waals surface area contributed by atoms with Crippen molar-refractivity contribution in [2.24, 2.45) is 0 Å². The zero-order valence-corrected chi connectivity index (χ0v) is 22.1. The second-order valence-corrected chi connectivity index (χ2v) is 12.8. The average Bonchev–Trinajstić information content (AvgIpc) is 3.16. The van der Waals surface area contributed by atoms with Gasteiger partial charge in [0.25, 0.3) is 5.91 Å². The molecule has 2 aliphatic heterocycles. The van der Waals surface area contributed by atoms with Crippen molar-refractivity contribution in [3.05, 3.63) is 82.4 Å². The molecular weight excluding hydrogens is 588 g/mol. The number of aromatic hydroxyl groups is 2. The molecule has 7 N–H and O–H groups in total. The maximum absolute atomic E-state index is 13.0. The molecule has 5 rings (SSSR count). The predicted molar refractivity (Wildman–Crippen MR) is 134 cm³/mol. The maximum Gasteiger partial charge on any atom is 0.360 e. The minimum absolute atomic E-state index is 0.0605. The lowest BCUT2D eigenvalue weighted by Gasteiger charge is -2.36. The fourth-order valence-corrected chi connectivity index (χ4v) is 6.78. The monoisotopic (exact) mass is 607 g/mol. The number of carbonyl (C=O) groups excluding carboxylic acids is 3. The molecule has 0 aliphatic carbocycles. The van der Waals surface area contributed by atoms with Crippen LogP contribution >= 0.6 is 15.2 Å². The van der Waals surface area contributed by atoms with Crippen molar-refractivity contribution in [3.8, 4) is 23.0 Å². The second-order valence-electron chi connectivity index (χ2n) is 8.99. The summed E-state index contributed by atoms with van der Waals surface area (Å²) in [4.78, 5) is 74.5. The number of carbonyl (C=O) groups is 3. The Hall–Kier alpha value is -4.23. The average molecular weight is 607 g/mol. The summed E-state index contributed by atoms with van der Waals surface area (Å²) in [6.07, 6.45) is 0. The summed E-state index contributed by atoms with van der Waals surface area (Å²) in [6, 6.07) is 11.9. The Kier molecular flexibility index (Phi) is 6.70. The molecule has 2 heterocycles. The molecule has 0 fully saturated rings. The van der Waals surface area contributed by atoms with Gasteiger partial charge < -0.3 is 49.3 Å². The van der Waals surface area contributed by atoms with E-state index in [9.17, 15) is 33.7 Å². The van der Waals surface area contributed by atoms with Gasteiger partial charge in [-0.05, 0) is 42.5 Å². The smallest absolute Gasteiger partial charge is 0.360 e. The molecule has 41 heavy (non-hydrogen) atoms. The normalized spacial score (nSPS) is 14.9. The minimum atomic E-state index is -5.47. The van der Waals surface area contributed by atoms with E-state index in [4.69, 9.17) is 33.8 Å². The van der Waals surface area contributed by atoms with Crippen LogP contribution in [-0.4, -0.2) is 59.8 Å². The van der Waals surface area contributed by atoms with Crippen LogP contribution in [0.15, 0.2) is 54.6 Å². The summed E-state index contributed by atoms with van der Waals surface area (Å²) in [6.45, 7) is -1.16. The van der Waals surface area contributed by atoms with Gasteiger partial charge in [0.2, 0.25) is 5.52 Å². The van der Waals surface area contributed by atoms with E-state index in [1.807, 2.05) is 0 Å². The molecule has 0 saturated heterocycles. The van der Waals surface area contributed by atoms with E-state index in [2.05, 4.69) is 0 Å². The molecule has 3 aromatic rings. The lowest BCUT2D eigenvalue weighted by molar-refractivity contribution is -0.124. The van der Waals surface area contributed by atoms with Crippen molar-refractivity contribution in [1.82, 2.24) is 5.32 Å². The van der Waals surface area contributed by atoms with Gasteiger partial charge >= 0.3 is 27.1 Å². The number of hydrogen-bond donors (Lipinski definition) is 7. The SMILES string of the molecule is O=C(COC(=O)c1ccc2c(c1)C1(OC2=O)c2ccc(O)cc2Oc2cc(O)ccc21)NC(P(=O)(O)O)P(=O)(O)O. The predicted octanol–water partition coefficient (Wildman–Crippen LogP) is 1.58. The number of hydrogen-bond acceptors (Lipinski definition) is 10. The number of fused-ring (bicyclic) bond motifs is 6. The third-order valence-electron chi connectivity index (χ3n) is 6.27. The molecule has 0 radical (unpaired) electrons. The van der Waals surface area contributed by atoms with Gasteiger partial charge in [-0.2, -0.15) is 0 Å². The Bertz CT molecular complexity index is 1650. The highest BCUT2D eigenvalue weighted by Crippen LogP contribution is 2.59. The molecule has 1 spiro atoms. The van der Waals surface area contributed by atoms with Crippen LogP contribution < -0.4 is 10.1 Å². The van der Waals surface area contributed by atoms with Crippen LogP contribution in [0.25, 0.3) is 0 Å². The lowest BCUT2D eigenvalue weighted by atomic mass is 9.77. The minimum Gasteiger partial charge on any atom is -0.508 e. The Labute approximate surface area is 229 Å². The first-order valence-electron chi connectivity index (χ1n) is 11.4. The molecule has 0 saturated carbocycles. The zero-order valence-electron chi connectivity index (χ0n) is 20.3. The van der Waals surface area contributed by atoms with Gasteiger partial charge in [0.05, 0.1) is 11.1 Å². The van der Waals surface area contributed by atoms with Gasteiger partial charge in [-0.15, -0.1) is 0 Å². The number of esters is 2. The molecule has 0 atom stereocenters. The van der Waals surface area contributed by atoms with Gasteiger partial charge in [-0.3, -0.25) is 13.9 Å². The molecule has 0 bridgehead atoms. The third kappa shape index (κ3) is 4.95. The Morgan fingerprint density at radius 1 is 0.854 bits per heavy atom. The van der Waals surface area contributed by atoms with Gasteiger partial charge in [0.1, 0.15) is 23.0 Å². The van der Waals surface area contributed by atoms with Crippen molar-refractivity contribution in [2.75, 3.05) is 6.61 Å². The number of amides is 1. The number of phenolic OH excluding ortho intramolecular Hbond substituents is 2. The number of rotatable bonds is 6. The zero-order chi connectivity index (χ0) is 29.9. The van der Waals surface area contributed by atoms with Gasteiger partial charge in [-0.25, -0.2) is 9.59 Å². The Balaban J connectivity index is 1.49. The fourth-order valence-electron chi connectivity index (χ4n) is 4.59. The van der Waals surface area contributed by atoms with Gasteiger partial charge in [-0.1, -0.05) is 0 Å². The molecule has 0 unspecified atom stereocenters. The Morgan fingerprint density at radius 3 is 1.95 bits per heavy atom. The topological polar surface area (TPSA) is 246 Å². The number of nitrogens with one attached hydrogen (secondary N) is 1. The van der Waals surface area contributed by atoms with Gasteiger partial charge in [0, 0.05) is 28.8 Å². The molecule has 15 nitrogen and oxygen atoms in total. The van der Waals surface area contributed by atoms with Crippen LogP contribution in [0.5, 0.6) is 23.0 Å². The van der Waals surface area contributed by atoms with Crippen LogP contribution in [0, 0.1) is 0 Å². The van der Waals surface area contributed by atoms with Crippen molar-refractivity contribution < 1.29 is 67.5 Å². The van der Waals surface area contributed by atoms with Crippen LogP contribution in [0.2, 0.25) is 0 Å². The van der Waals surface area contributed by atoms with E-state index in [-0.39, 0.29) is 50.8 Å². The third-order valence-corrected chi connectivity index (χ3v) is 9.61. The van der Waals surface area contributed by atoms with Crippen LogP contribution in [0.1, 0.15) is 37.4 Å². The highest BCUT2D eigenvalue weighted by atomic mass is 31.2. The number of ether oxygens (including phenoxy) is 3. The molecule has 0 aromatic heterocycles. The first-order valence-corrected chi connectivity index (χ1v) is 14.8. The van der Waals surface area contributed by atoms with Crippen molar-refractivity contribution in [1.29, 1.82) is 0 Å². The van der Waals surface area contributed by atoms with E-state index >= 15 is 0 Å². The van der Waals surface area contributed by atoms with Crippen LogP contribution in [0.4, 0.5) is 0 Å². The first kappa shape index (κ1) is 28.3. The van der Waals surface area contributed by atoms with Gasteiger partial charge in [0.15, 0.2) is 12.2 Å². The molecule has 1 amide bonds. The van der Waals surface area contributed by atoms with Crippen molar-refractivity contribution in [2.45, 2.75) is 11.1 Å². The molecular formula is C24H19NO14P2. The highest BCUT2D eigenvalue weighted by Gasteiger charge is 2.54. The highest BCUT2D eigenvalue weighted by molar-refractivity contribution is 7.70. The summed E-state index contributed by atoms with van der Waals surface area (Å²) >= 11 is 0. The van der Waals surface area contributed by atoms with Crippen molar-refractivity contribution >= 4 is 33.0 Å². The second kappa shape index (κ2) is 9.70. The quantitative estimate of drug-likeness (QED) is 0.155. The number of phenols is 2. The standard InChI is InChI=1S/C24H19NO14P2/c26-12-2-5-15-18(8-12)38-19-9-13(27)3-6-16(19)24(15)17-7-11(1-4-14(17)22(30)39-24)21(29)37-10-20(28)25-23(40(31,32)33)41(34,35)36/h1-9,23,26-27H,10H2,(H,25,28)(H2,31,32,33)(H2,34,35,36). The maximum atomic E-state index is 13.0.